The minimum atomic E-state index is 0. The Bertz CT molecular complexity index is 656. The molecule has 1 aliphatic heterocycles. The topological polar surface area (TPSA) is 28.0 Å². The molecule has 2 aromatic rings. The zero-order valence-electron chi connectivity index (χ0n) is 12.3. The first kappa shape index (κ1) is 16.6. The van der Waals surface area contributed by atoms with Crippen LogP contribution in [0, 0.1) is 0 Å². The summed E-state index contributed by atoms with van der Waals surface area (Å²) in [6, 6.07) is 20.6. The van der Waals surface area contributed by atoms with Gasteiger partial charge in [-0.3, -0.25) is 4.99 Å². The fourth-order valence-corrected chi connectivity index (χ4v) is 3.01. The molecule has 0 saturated carbocycles. The molecule has 2 aromatic carbocycles. The zero-order valence-corrected chi connectivity index (χ0v) is 14.0. The van der Waals surface area contributed by atoms with Crippen LogP contribution < -0.4 is 0 Å². The maximum absolute atomic E-state index is 4.66. The third-order valence-electron chi connectivity index (χ3n) is 3.23. The summed E-state index contributed by atoms with van der Waals surface area (Å²) in [4.78, 5) is 4.66. The molecule has 0 amide bonds. The zero-order chi connectivity index (χ0) is 14.5. The summed E-state index contributed by atoms with van der Waals surface area (Å²) in [6.45, 7) is 0.698. The second-order valence-corrected chi connectivity index (χ2v) is 5.75. The van der Waals surface area contributed by atoms with E-state index in [1.807, 2.05) is 48.5 Å². The van der Waals surface area contributed by atoms with Crippen molar-refractivity contribution in [3.63, 3.8) is 0 Å². The highest BCUT2D eigenvalue weighted by molar-refractivity contribution is 8.14. The van der Waals surface area contributed by atoms with Crippen molar-refractivity contribution < 1.29 is 0 Å². The lowest BCUT2D eigenvalue weighted by molar-refractivity contribution is 0.550. The number of benzene rings is 2. The van der Waals surface area contributed by atoms with Gasteiger partial charge >= 0.3 is 0 Å². The van der Waals surface area contributed by atoms with Gasteiger partial charge in [-0.2, -0.15) is 5.10 Å². The van der Waals surface area contributed by atoms with Crippen molar-refractivity contribution in [3.8, 4) is 0 Å². The minimum Gasteiger partial charge on any atom is -0.256 e. The maximum atomic E-state index is 4.66. The molecule has 0 spiro atoms. The number of rotatable bonds is 3. The third-order valence-corrected chi connectivity index (χ3v) is 4.30. The minimum absolute atomic E-state index is 0. The lowest BCUT2D eigenvalue weighted by Crippen LogP contribution is -2.27. The van der Waals surface area contributed by atoms with E-state index in [0.29, 0.717) is 6.54 Å². The molecule has 0 bridgehead atoms. The molecule has 0 aliphatic carbocycles. The van der Waals surface area contributed by atoms with Gasteiger partial charge in [0, 0.05) is 12.8 Å². The second kappa shape index (κ2) is 8.01. The Labute approximate surface area is 141 Å². The van der Waals surface area contributed by atoms with Crippen molar-refractivity contribution in [3.05, 3.63) is 71.8 Å². The molecule has 0 radical (unpaired) electrons. The first-order valence-electron chi connectivity index (χ1n) is 6.91. The quantitative estimate of drug-likeness (QED) is 0.848. The van der Waals surface area contributed by atoms with Crippen molar-refractivity contribution >= 4 is 35.0 Å². The van der Waals surface area contributed by atoms with Crippen molar-refractivity contribution in [2.45, 2.75) is 6.54 Å². The van der Waals surface area contributed by atoms with Crippen LogP contribution in [0.1, 0.15) is 11.1 Å². The van der Waals surface area contributed by atoms with Crippen LogP contribution in [0.5, 0.6) is 0 Å². The Balaban J connectivity index is 0.00000176. The highest BCUT2D eigenvalue weighted by Gasteiger charge is 2.17. The van der Waals surface area contributed by atoms with E-state index >= 15 is 0 Å². The first-order valence-corrected chi connectivity index (χ1v) is 7.89. The summed E-state index contributed by atoms with van der Waals surface area (Å²) in [6.07, 6.45) is 0. The SMILES string of the molecule is CN1N=C(c2ccccc2)CSC1=NCc1ccccc1.Cl. The number of hydrazone groups is 1. The Morgan fingerprint density at radius 3 is 2.32 bits per heavy atom. The Hall–Kier alpha value is -1.78. The molecule has 0 aromatic heterocycles. The molecular formula is C17H18ClN3S. The van der Waals surface area contributed by atoms with Crippen molar-refractivity contribution in [2.75, 3.05) is 12.8 Å². The molecule has 114 valence electrons. The molecule has 0 saturated heterocycles. The predicted molar refractivity (Wildman–Crippen MR) is 98.0 cm³/mol. The predicted octanol–water partition coefficient (Wildman–Crippen LogP) is 4.05. The van der Waals surface area contributed by atoms with Crippen LogP contribution >= 0.6 is 24.2 Å². The number of thioether (sulfide) groups is 1. The van der Waals surface area contributed by atoms with Crippen LogP contribution in [0.4, 0.5) is 0 Å². The van der Waals surface area contributed by atoms with Crippen LogP contribution in [-0.2, 0) is 6.54 Å². The fraction of sp³-hybridized carbons (Fsp3) is 0.176. The van der Waals surface area contributed by atoms with E-state index in [1.54, 1.807) is 11.8 Å². The normalized spacial score (nSPS) is 16.1. The molecule has 0 N–H and O–H groups in total. The smallest absolute Gasteiger partial charge is 0.180 e. The number of hydrogen-bond acceptors (Lipinski definition) is 3. The van der Waals surface area contributed by atoms with Gasteiger partial charge in [-0.25, -0.2) is 5.01 Å². The van der Waals surface area contributed by atoms with Gasteiger partial charge in [-0.05, 0) is 11.1 Å². The average molecular weight is 332 g/mol. The molecular weight excluding hydrogens is 314 g/mol. The van der Waals surface area contributed by atoms with Crippen LogP contribution in [0.2, 0.25) is 0 Å². The largest absolute Gasteiger partial charge is 0.256 e. The van der Waals surface area contributed by atoms with E-state index in [1.165, 1.54) is 11.1 Å². The Morgan fingerprint density at radius 1 is 1.05 bits per heavy atom. The van der Waals surface area contributed by atoms with Gasteiger partial charge in [0.2, 0.25) is 0 Å². The van der Waals surface area contributed by atoms with Gasteiger partial charge in [0.1, 0.15) is 0 Å². The van der Waals surface area contributed by atoms with Gasteiger partial charge in [-0.15, -0.1) is 12.4 Å². The van der Waals surface area contributed by atoms with Gasteiger partial charge in [-0.1, -0.05) is 72.4 Å². The summed E-state index contributed by atoms with van der Waals surface area (Å²) >= 11 is 1.74. The molecule has 0 atom stereocenters. The van der Waals surface area contributed by atoms with E-state index in [0.717, 1.165) is 16.6 Å². The molecule has 5 heteroatoms. The lowest BCUT2D eigenvalue weighted by atomic mass is 10.1. The maximum Gasteiger partial charge on any atom is 0.180 e. The number of amidine groups is 1. The van der Waals surface area contributed by atoms with Crippen LogP contribution in [0.3, 0.4) is 0 Å². The third kappa shape index (κ3) is 4.12. The lowest BCUT2D eigenvalue weighted by Gasteiger charge is -2.22. The molecule has 0 fully saturated rings. The van der Waals surface area contributed by atoms with Crippen molar-refractivity contribution in [1.29, 1.82) is 0 Å². The molecule has 1 aliphatic rings. The number of hydrogen-bond donors (Lipinski definition) is 0. The van der Waals surface area contributed by atoms with Crippen molar-refractivity contribution in [1.82, 2.24) is 5.01 Å². The van der Waals surface area contributed by atoms with Gasteiger partial charge in [0.05, 0.1) is 12.3 Å². The molecule has 22 heavy (non-hydrogen) atoms. The number of halogens is 1. The first-order chi connectivity index (χ1) is 10.3. The van der Waals surface area contributed by atoms with E-state index in [2.05, 4.69) is 34.4 Å². The van der Waals surface area contributed by atoms with Crippen LogP contribution in [0.25, 0.3) is 0 Å². The van der Waals surface area contributed by atoms with Gasteiger partial charge in [0.15, 0.2) is 5.17 Å². The van der Waals surface area contributed by atoms with Crippen LogP contribution in [-0.4, -0.2) is 28.7 Å². The Morgan fingerprint density at radius 2 is 1.68 bits per heavy atom. The highest BCUT2D eigenvalue weighted by Crippen LogP contribution is 2.19. The standard InChI is InChI=1S/C17H17N3S.ClH/c1-20-17(18-12-14-8-4-2-5-9-14)21-13-16(19-20)15-10-6-3-7-11-15;/h2-11H,12-13H2,1H3;1H. The van der Waals surface area contributed by atoms with Crippen molar-refractivity contribution in [2.24, 2.45) is 10.1 Å². The number of nitrogens with zero attached hydrogens (tertiary/aromatic N) is 3. The molecule has 1 heterocycles. The fourth-order valence-electron chi connectivity index (χ4n) is 2.14. The average Bonchev–Trinajstić information content (AvgIpc) is 2.55. The Kier molecular flexibility index (Phi) is 6.04. The molecule has 3 rings (SSSR count). The summed E-state index contributed by atoms with van der Waals surface area (Å²) in [5.74, 6) is 0.863. The molecule has 0 unspecified atom stereocenters. The summed E-state index contributed by atoms with van der Waals surface area (Å²) in [7, 11) is 1.96. The molecule has 3 nitrogen and oxygen atoms in total. The monoisotopic (exact) mass is 331 g/mol. The second-order valence-electron chi connectivity index (χ2n) is 4.81. The summed E-state index contributed by atoms with van der Waals surface area (Å²) < 4.78 is 0. The van der Waals surface area contributed by atoms with Crippen LogP contribution in [0.15, 0.2) is 70.8 Å². The van der Waals surface area contributed by atoms with E-state index in [-0.39, 0.29) is 12.4 Å². The van der Waals surface area contributed by atoms with Gasteiger partial charge < -0.3 is 0 Å². The highest BCUT2D eigenvalue weighted by atomic mass is 35.5. The van der Waals surface area contributed by atoms with E-state index < -0.39 is 0 Å². The van der Waals surface area contributed by atoms with Gasteiger partial charge in [0.25, 0.3) is 0 Å². The van der Waals surface area contributed by atoms with E-state index in [9.17, 15) is 0 Å². The van der Waals surface area contributed by atoms with E-state index in [4.69, 9.17) is 0 Å². The summed E-state index contributed by atoms with van der Waals surface area (Å²) in [5, 5.41) is 7.49. The number of aliphatic imine (C=N–C) groups is 1. The summed E-state index contributed by atoms with van der Waals surface area (Å²) in [5.41, 5.74) is 3.50.